The Labute approximate surface area is 138 Å². The van der Waals surface area contributed by atoms with Crippen molar-refractivity contribution >= 4 is 11.9 Å². The van der Waals surface area contributed by atoms with Crippen LogP contribution in [-0.4, -0.2) is 74.4 Å². The Bertz CT molecular complexity index is 540. The molecule has 1 unspecified atom stereocenters. The van der Waals surface area contributed by atoms with Gasteiger partial charge in [-0.25, -0.2) is 4.79 Å². The highest BCUT2D eigenvalue weighted by molar-refractivity contribution is 5.86. The van der Waals surface area contributed by atoms with Gasteiger partial charge in [0.15, 0.2) is 6.10 Å². The van der Waals surface area contributed by atoms with Gasteiger partial charge in [-0.3, -0.25) is 4.79 Å². The zero-order chi connectivity index (χ0) is 18.3. The van der Waals surface area contributed by atoms with Gasteiger partial charge in [-0.15, -0.1) is 0 Å². The van der Waals surface area contributed by atoms with E-state index in [1.165, 1.54) is 0 Å². The van der Waals surface area contributed by atoms with Crippen LogP contribution in [0.1, 0.15) is 5.56 Å². The monoisotopic (exact) mass is 342 g/mol. The van der Waals surface area contributed by atoms with Gasteiger partial charge in [-0.2, -0.15) is 0 Å². The maximum absolute atomic E-state index is 11.9. The van der Waals surface area contributed by atoms with E-state index in [-0.39, 0.29) is 6.42 Å². The molecule has 1 aromatic rings. The number of nitrogens with one attached hydrogen (secondary N) is 1. The molecule has 5 atom stereocenters. The number of benzene rings is 1. The molecule has 1 aromatic carbocycles. The Morgan fingerprint density at radius 2 is 1.67 bits per heavy atom. The molecule has 0 saturated carbocycles. The Kier molecular flexibility index (Phi) is 7.75. The highest BCUT2D eigenvalue weighted by atomic mass is 16.4. The lowest BCUT2D eigenvalue weighted by Gasteiger charge is -2.26. The van der Waals surface area contributed by atoms with Gasteiger partial charge >= 0.3 is 5.97 Å². The fraction of sp³-hybridized carbons (Fsp3) is 0.467. The fourth-order valence-corrected chi connectivity index (χ4v) is 2.01. The van der Waals surface area contributed by atoms with Crippen molar-refractivity contribution in [1.29, 1.82) is 0 Å². The third-order valence-corrected chi connectivity index (χ3v) is 3.49. The molecule has 0 aliphatic heterocycles. The molecule has 0 heterocycles. The number of aliphatic hydroxyl groups excluding tert-OH is 4. The van der Waals surface area contributed by atoms with E-state index in [1.807, 2.05) is 0 Å². The first-order valence-electron chi connectivity index (χ1n) is 7.25. The van der Waals surface area contributed by atoms with E-state index in [0.29, 0.717) is 5.56 Å². The van der Waals surface area contributed by atoms with Crippen LogP contribution in [0.25, 0.3) is 0 Å². The number of aliphatic hydroxyl groups is 4. The second-order valence-corrected chi connectivity index (χ2v) is 5.36. The van der Waals surface area contributed by atoms with Gasteiger partial charge in [0, 0.05) is 6.42 Å². The van der Waals surface area contributed by atoms with Crippen molar-refractivity contribution in [2.45, 2.75) is 36.8 Å². The molecule has 8 N–H and O–H groups in total. The van der Waals surface area contributed by atoms with Crippen LogP contribution < -0.4 is 11.1 Å². The summed E-state index contributed by atoms with van der Waals surface area (Å²) >= 11 is 0. The molecule has 1 rings (SSSR count). The molecule has 9 heteroatoms. The summed E-state index contributed by atoms with van der Waals surface area (Å²) in [7, 11) is 0. The Balaban J connectivity index is 2.72. The van der Waals surface area contributed by atoms with E-state index >= 15 is 0 Å². The molecule has 9 nitrogen and oxygen atoms in total. The van der Waals surface area contributed by atoms with Crippen LogP contribution in [0.15, 0.2) is 30.3 Å². The van der Waals surface area contributed by atoms with Crippen molar-refractivity contribution in [3.8, 4) is 0 Å². The summed E-state index contributed by atoms with van der Waals surface area (Å²) in [4.78, 5) is 23.2. The average molecular weight is 342 g/mol. The number of nitrogens with two attached hydrogens (primary N) is 1. The third-order valence-electron chi connectivity index (χ3n) is 3.49. The smallest absolute Gasteiger partial charge is 0.326 e. The van der Waals surface area contributed by atoms with Crippen LogP contribution in [0.3, 0.4) is 0 Å². The van der Waals surface area contributed by atoms with Crippen molar-refractivity contribution in [1.82, 2.24) is 5.32 Å². The van der Waals surface area contributed by atoms with Crippen LogP contribution in [0.4, 0.5) is 0 Å². The van der Waals surface area contributed by atoms with Crippen LogP contribution in [-0.2, 0) is 16.0 Å². The average Bonchev–Trinajstić information content (AvgIpc) is 2.59. The standard InChI is InChI=1S/C15H22N2O7/c16-9(7-18)11(19)12(20)13(21)14(22)17-10(15(23)24)6-8-4-2-1-3-5-8/h1-5,9-13,18-21H,6-7,16H2,(H,17,22)(H,23,24)/t9-,10?,11+,12+,13-/m0/s1. The van der Waals surface area contributed by atoms with Crippen LogP contribution >= 0.6 is 0 Å². The maximum Gasteiger partial charge on any atom is 0.326 e. The van der Waals surface area contributed by atoms with Gasteiger partial charge in [-0.1, -0.05) is 30.3 Å². The van der Waals surface area contributed by atoms with E-state index in [1.54, 1.807) is 30.3 Å². The van der Waals surface area contributed by atoms with Gasteiger partial charge in [0.2, 0.25) is 0 Å². The number of carbonyl (C=O) groups is 2. The Morgan fingerprint density at radius 1 is 1.08 bits per heavy atom. The van der Waals surface area contributed by atoms with E-state index in [9.17, 15) is 30.0 Å². The summed E-state index contributed by atoms with van der Waals surface area (Å²) in [5.41, 5.74) is 5.97. The summed E-state index contributed by atoms with van der Waals surface area (Å²) in [5, 5.41) is 49.1. The van der Waals surface area contributed by atoms with E-state index in [4.69, 9.17) is 10.8 Å². The second-order valence-electron chi connectivity index (χ2n) is 5.36. The number of rotatable bonds is 9. The maximum atomic E-state index is 11.9. The molecule has 0 fully saturated rings. The summed E-state index contributed by atoms with van der Waals surface area (Å²) in [6.45, 7) is -0.668. The molecule has 0 bridgehead atoms. The zero-order valence-electron chi connectivity index (χ0n) is 12.8. The van der Waals surface area contributed by atoms with Crippen molar-refractivity contribution < 1.29 is 35.1 Å². The molecule has 0 spiro atoms. The molecular weight excluding hydrogens is 320 g/mol. The molecule has 134 valence electrons. The van der Waals surface area contributed by atoms with E-state index in [2.05, 4.69) is 5.32 Å². The lowest BCUT2D eigenvalue weighted by atomic mass is 10.0. The molecule has 0 aliphatic rings. The number of hydrogen-bond acceptors (Lipinski definition) is 7. The summed E-state index contributed by atoms with van der Waals surface area (Å²) in [6.07, 6.45) is -5.86. The predicted octanol–water partition coefficient (Wildman–Crippen LogP) is -2.80. The highest BCUT2D eigenvalue weighted by Gasteiger charge is 2.35. The Hall–Kier alpha value is -2.04. The van der Waals surface area contributed by atoms with Gasteiger partial charge in [0.05, 0.1) is 12.6 Å². The van der Waals surface area contributed by atoms with E-state index in [0.717, 1.165) is 0 Å². The van der Waals surface area contributed by atoms with E-state index < -0.39 is 48.9 Å². The lowest BCUT2D eigenvalue weighted by Crippen LogP contribution is -2.56. The van der Waals surface area contributed by atoms with Gasteiger partial charge in [-0.05, 0) is 5.56 Å². The SMILES string of the molecule is N[C@@H](CO)[C@@H](O)[C@@H](O)[C@H](O)C(=O)NC(Cc1ccccc1)C(=O)O. The number of carboxylic acid groups (broad SMARTS) is 1. The minimum Gasteiger partial charge on any atom is -0.480 e. The van der Waals surface area contributed by atoms with Crippen molar-refractivity contribution in [2.75, 3.05) is 6.61 Å². The number of aliphatic carboxylic acids is 1. The van der Waals surface area contributed by atoms with Gasteiger partial charge in [0.25, 0.3) is 5.91 Å². The van der Waals surface area contributed by atoms with Crippen LogP contribution in [0.5, 0.6) is 0 Å². The minimum atomic E-state index is -2.10. The summed E-state index contributed by atoms with van der Waals surface area (Å²) in [6, 6.07) is 5.94. The Morgan fingerprint density at radius 3 is 2.17 bits per heavy atom. The van der Waals surface area contributed by atoms with Crippen LogP contribution in [0, 0.1) is 0 Å². The fourth-order valence-electron chi connectivity index (χ4n) is 2.01. The molecular formula is C15H22N2O7. The minimum absolute atomic E-state index is 0.0244. The molecule has 0 aromatic heterocycles. The largest absolute Gasteiger partial charge is 0.480 e. The predicted molar refractivity (Wildman–Crippen MR) is 82.8 cm³/mol. The first-order valence-corrected chi connectivity index (χ1v) is 7.25. The number of carboxylic acids is 1. The molecule has 1 amide bonds. The van der Waals surface area contributed by atoms with Crippen molar-refractivity contribution in [3.63, 3.8) is 0 Å². The van der Waals surface area contributed by atoms with Gasteiger partial charge in [0.1, 0.15) is 18.2 Å². The summed E-state index contributed by atoms with van der Waals surface area (Å²) in [5.74, 6) is -2.49. The number of amides is 1. The second kappa shape index (κ2) is 9.30. The van der Waals surface area contributed by atoms with Crippen LogP contribution in [0.2, 0.25) is 0 Å². The first-order chi connectivity index (χ1) is 11.3. The molecule has 0 radical (unpaired) electrons. The molecule has 0 aliphatic carbocycles. The molecule has 24 heavy (non-hydrogen) atoms. The van der Waals surface area contributed by atoms with Crippen molar-refractivity contribution in [3.05, 3.63) is 35.9 Å². The summed E-state index contributed by atoms with van der Waals surface area (Å²) < 4.78 is 0. The third kappa shape index (κ3) is 5.55. The first kappa shape index (κ1) is 20.0. The number of carbonyl (C=O) groups excluding carboxylic acids is 1. The molecule has 0 saturated heterocycles. The quantitative estimate of drug-likeness (QED) is 0.252. The highest BCUT2D eigenvalue weighted by Crippen LogP contribution is 2.07. The van der Waals surface area contributed by atoms with Crippen molar-refractivity contribution in [2.24, 2.45) is 5.73 Å². The zero-order valence-corrected chi connectivity index (χ0v) is 12.8. The normalized spacial score (nSPS) is 17.4. The topological polar surface area (TPSA) is 173 Å². The lowest BCUT2D eigenvalue weighted by molar-refractivity contribution is -0.148. The van der Waals surface area contributed by atoms with Gasteiger partial charge < -0.3 is 36.6 Å². The number of hydrogen-bond donors (Lipinski definition) is 7.